The van der Waals surface area contributed by atoms with Crippen molar-refractivity contribution < 1.29 is 19.2 Å². The van der Waals surface area contributed by atoms with Crippen LogP contribution in [0.4, 0.5) is 0 Å². The minimum absolute atomic E-state index is 0.0107. The van der Waals surface area contributed by atoms with Crippen molar-refractivity contribution in [2.45, 2.75) is 96.3 Å². The van der Waals surface area contributed by atoms with E-state index in [2.05, 4.69) is 42.0 Å². The number of thioether (sulfide) groups is 1. The van der Waals surface area contributed by atoms with E-state index in [1.54, 1.807) is 18.7 Å². The summed E-state index contributed by atoms with van der Waals surface area (Å²) in [6.07, 6.45) is 6.26. The number of carbonyl (C=O) groups excluding carboxylic acids is 4. The van der Waals surface area contributed by atoms with Crippen LogP contribution in [-0.4, -0.2) is 65.7 Å². The van der Waals surface area contributed by atoms with Gasteiger partial charge in [0.05, 0.1) is 6.04 Å². The summed E-state index contributed by atoms with van der Waals surface area (Å²) in [6, 6.07) is 7.67. The van der Waals surface area contributed by atoms with Crippen LogP contribution in [0.15, 0.2) is 30.3 Å². The van der Waals surface area contributed by atoms with E-state index >= 15 is 0 Å². The number of carbonyl (C=O) groups is 4. The molecular weight excluding hydrogens is 512 g/mol. The number of rotatable bonds is 6. The molecule has 0 bridgehead atoms. The van der Waals surface area contributed by atoms with E-state index in [0.29, 0.717) is 31.6 Å². The molecule has 2 fully saturated rings. The summed E-state index contributed by atoms with van der Waals surface area (Å²) in [5, 5.41) is 12.4. The van der Waals surface area contributed by atoms with Crippen molar-refractivity contribution in [3.63, 3.8) is 0 Å². The van der Waals surface area contributed by atoms with Crippen molar-refractivity contribution in [1.29, 1.82) is 0 Å². The SMILES string of the molecule is CSCC[C@@H]1NC(=O)[C@H](C)NC(=O)[C@H](Cc2ccccc2)CC(=O)[C@H](CC(C)(C)C)NC2(CCC2)CNC1=O. The number of Topliss-reactive ketones (excluding diaryl/α,β-unsaturated/α-hetero) is 1. The Labute approximate surface area is 237 Å². The standard InChI is InChI=1S/C30H46N4O4S/c1-20-26(36)33-23(12-15-39-5)28(38)31-19-30(13-9-14-30)34-24(18-29(2,3)4)25(35)17-22(27(37)32-20)16-21-10-7-6-8-11-21/h6-8,10-11,20,22-24,34H,9,12-19H2,1-5H3,(H,31,38)(H,32,37)(H,33,36)/t20-,22+,23-,24-/m0/s1. The Balaban J connectivity index is 1.95. The lowest BCUT2D eigenvalue weighted by molar-refractivity contribution is -0.134. The van der Waals surface area contributed by atoms with E-state index in [1.165, 1.54) is 0 Å². The van der Waals surface area contributed by atoms with Crippen LogP contribution in [-0.2, 0) is 25.6 Å². The second-order valence-corrected chi connectivity index (χ2v) is 13.4. The van der Waals surface area contributed by atoms with Crippen molar-refractivity contribution in [2.75, 3.05) is 18.6 Å². The fourth-order valence-corrected chi connectivity index (χ4v) is 5.79. The van der Waals surface area contributed by atoms with Gasteiger partial charge in [0, 0.05) is 24.4 Å². The average Bonchev–Trinajstić information content (AvgIpc) is 2.85. The predicted molar refractivity (Wildman–Crippen MR) is 156 cm³/mol. The van der Waals surface area contributed by atoms with Crippen LogP contribution in [0.3, 0.4) is 0 Å². The molecule has 1 aliphatic heterocycles. The second kappa shape index (κ2) is 13.8. The number of hydrogen-bond donors (Lipinski definition) is 4. The first-order valence-corrected chi connectivity index (χ1v) is 15.5. The molecule has 4 N–H and O–H groups in total. The lowest BCUT2D eigenvalue weighted by Crippen LogP contribution is -2.64. The van der Waals surface area contributed by atoms with Crippen LogP contribution in [0.25, 0.3) is 0 Å². The van der Waals surface area contributed by atoms with Gasteiger partial charge in [0.1, 0.15) is 12.1 Å². The van der Waals surface area contributed by atoms with Gasteiger partial charge in [0.15, 0.2) is 5.78 Å². The summed E-state index contributed by atoms with van der Waals surface area (Å²) in [5.41, 5.74) is 0.471. The van der Waals surface area contributed by atoms with Gasteiger partial charge >= 0.3 is 0 Å². The summed E-state index contributed by atoms with van der Waals surface area (Å²) in [7, 11) is 0. The molecule has 3 rings (SSSR count). The maximum Gasteiger partial charge on any atom is 0.242 e. The summed E-state index contributed by atoms with van der Waals surface area (Å²) in [6.45, 7) is 8.33. The van der Waals surface area contributed by atoms with E-state index in [4.69, 9.17) is 0 Å². The highest BCUT2D eigenvalue weighted by molar-refractivity contribution is 7.98. The van der Waals surface area contributed by atoms with Crippen molar-refractivity contribution in [3.05, 3.63) is 35.9 Å². The minimum atomic E-state index is -0.845. The molecule has 3 amide bonds. The summed E-state index contributed by atoms with van der Waals surface area (Å²) < 4.78 is 0. The highest BCUT2D eigenvalue weighted by atomic mass is 32.2. The monoisotopic (exact) mass is 558 g/mol. The molecule has 8 nitrogen and oxygen atoms in total. The van der Waals surface area contributed by atoms with Crippen LogP contribution >= 0.6 is 11.8 Å². The van der Waals surface area contributed by atoms with Gasteiger partial charge in [-0.3, -0.25) is 19.2 Å². The molecule has 4 atom stereocenters. The number of amides is 3. The second-order valence-electron chi connectivity index (χ2n) is 12.4. The van der Waals surface area contributed by atoms with Gasteiger partial charge in [-0.25, -0.2) is 0 Å². The number of hydrogen-bond acceptors (Lipinski definition) is 6. The van der Waals surface area contributed by atoms with Crippen LogP contribution in [0.5, 0.6) is 0 Å². The molecular formula is C30H46N4O4S. The molecule has 39 heavy (non-hydrogen) atoms. The Kier molecular flexibility index (Phi) is 11.0. The van der Waals surface area contributed by atoms with Crippen LogP contribution < -0.4 is 21.3 Å². The smallest absolute Gasteiger partial charge is 0.242 e. The molecule has 216 valence electrons. The van der Waals surface area contributed by atoms with E-state index in [9.17, 15) is 19.2 Å². The van der Waals surface area contributed by atoms with Gasteiger partial charge in [0.25, 0.3) is 0 Å². The highest BCUT2D eigenvalue weighted by Crippen LogP contribution is 2.34. The normalized spacial score (nSPS) is 27.0. The molecule has 1 spiro atoms. The molecule has 0 radical (unpaired) electrons. The molecule has 1 saturated carbocycles. The molecule has 1 heterocycles. The molecule has 0 aromatic heterocycles. The first-order valence-electron chi connectivity index (χ1n) is 14.1. The topological polar surface area (TPSA) is 116 Å². The van der Waals surface area contributed by atoms with E-state index in [1.807, 2.05) is 36.6 Å². The van der Waals surface area contributed by atoms with Crippen molar-refractivity contribution >= 4 is 35.3 Å². The van der Waals surface area contributed by atoms with Gasteiger partial charge < -0.3 is 21.3 Å². The van der Waals surface area contributed by atoms with Crippen molar-refractivity contribution in [3.8, 4) is 0 Å². The van der Waals surface area contributed by atoms with E-state index in [0.717, 1.165) is 24.8 Å². The zero-order valence-electron chi connectivity index (χ0n) is 24.1. The zero-order valence-corrected chi connectivity index (χ0v) is 24.9. The van der Waals surface area contributed by atoms with Crippen LogP contribution in [0.2, 0.25) is 0 Å². The Morgan fingerprint density at radius 3 is 2.23 bits per heavy atom. The quantitative estimate of drug-likeness (QED) is 0.427. The Morgan fingerprint density at radius 1 is 0.949 bits per heavy atom. The van der Waals surface area contributed by atoms with Crippen molar-refractivity contribution in [2.24, 2.45) is 11.3 Å². The minimum Gasteiger partial charge on any atom is -0.352 e. The Hall–Kier alpha value is -2.39. The first kappa shape index (κ1) is 31.1. The third-order valence-corrected chi connectivity index (χ3v) is 8.38. The zero-order chi connectivity index (χ0) is 28.6. The maximum atomic E-state index is 13.9. The third kappa shape index (κ3) is 9.34. The van der Waals surface area contributed by atoms with Crippen LogP contribution in [0, 0.1) is 11.3 Å². The molecule has 2 aliphatic rings. The Morgan fingerprint density at radius 2 is 1.64 bits per heavy atom. The summed E-state index contributed by atoms with van der Waals surface area (Å²) in [4.78, 5) is 53.7. The van der Waals surface area contributed by atoms with Gasteiger partial charge in [-0.1, -0.05) is 51.1 Å². The lowest BCUT2D eigenvalue weighted by Gasteiger charge is -2.46. The molecule has 1 aromatic rings. The highest BCUT2D eigenvalue weighted by Gasteiger charge is 2.42. The fourth-order valence-electron chi connectivity index (χ4n) is 5.32. The fraction of sp³-hybridized carbons (Fsp3) is 0.667. The summed E-state index contributed by atoms with van der Waals surface area (Å²) in [5.74, 6) is -0.893. The van der Waals surface area contributed by atoms with E-state index in [-0.39, 0.29) is 35.0 Å². The van der Waals surface area contributed by atoms with Gasteiger partial charge in [0.2, 0.25) is 17.7 Å². The first-order chi connectivity index (χ1) is 18.4. The number of ketones is 1. The molecule has 1 saturated heterocycles. The summed E-state index contributed by atoms with van der Waals surface area (Å²) >= 11 is 1.61. The molecule has 1 aliphatic carbocycles. The lowest BCUT2D eigenvalue weighted by atomic mass is 9.74. The molecule has 0 unspecified atom stereocenters. The average molecular weight is 559 g/mol. The molecule has 1 aromatic carbocycles. The largest absolute Gasteiger partial charge is 0.352 e. The maximum absolute atomic E-state index is 13.9. The van der Waals surface area contributed by atoms with E-state index < -0.39 is 30.0 Å². The number of nitrogens with one attached hydrogen (secondary N) is 4. The third-order valence-electron chi connectivity index (χ3n) is 7.74. The van der Waals surface area contributed by atoms with Gasteiger partial charge in [-0.2, -0.15) is 11.8 Å². The van der Waals surface area contributed by atoms with Crippen LogP contribution in [0.1, 0.15) is 71.8 Å². The predicted octanol–water partition coefficient (Wildman–Crippen LogP) is 2.99. The van der Waals surface area contributed by atoms with Gasteiger partial charge in [-0.05, 0) is 68.4 Å². The molecule has 9 heteroatoms. The van der Waals surface area contributed by atoms with Crippen molar-refractivity contribution in [1.82, 2.24) is 21.3 Å². The van der Waals surface area contributed by atoms with Gasteiger partial charge in [-0.15, -0.1) is 0 Å². The Bertz CT molecular complexity index is 1010. The number of benzene rings is 1.